The maximum atomic E-state index is 12.5. The van der Waals surface area contributed by atoms with Crippen molar-refractivity contribution in [3.8, 4) is 0 Å². The zero-order valence-corrected chi connectivity index (χ0v) is 14.6. The summed E-state index contributed by atoms with van der Waals surface area (Å²) in [6, 6.07) is 7.67. The van der Waals surface area contributed by atoms with Gasteiger partial charge in [-0.15, -0.1) is 0 Å². The van der Waals surface area contributed by atoms with Crippen molar-refractivity contribution in [3.05, 3.63) is 29.8 Å². The molecule has 0 unspecified atom stereocenters. The van der Waals surface area contributed by atoms with E-state index in [4.69, 9.17) is 0 Å². The van der Waals surface area contributed by atoms with Gasteiger partial charge in [-0.2, -0.15) is 0 Å². The van der Waals surface area contributed by atoms with Gasteiger partial charge in [-0.25, -0.2) is 0 Å². The number of hydrogen-bond acceptors (Lipinski definition) is 3. The van der Waals surface area contributed by atoms with E-state index >= 15 is 0 Å². The van der Waals surface area contributed by atoms with Crippen molar-refractivity contribution < 1.29 is 14.4 Å². The lowest BCUT2D eigenvalue weighted by Gasteiger charge is -2.34. The highest BCUT2D eigenvalue weighted by Gasteiger charge is 2.37. The third-order valence-electron chi connectivity index (χ3n) is 4.95. The molecule has 2 atom stereocenters. The van der Waals surface area contributed by atoms with Crippen LogP contribution in [0.3, 0.4) is 0 Å². The number of rotatable bonds is 5. The fraction of sp³-hybridized carbons (Fsp3) is 0.526. The van der Waals surface area contributed by atoms with E-state index in [1.165, 1.54) is 0 Å². The molecule has 0 spiro atoms. The van der Waals surface area contributed by atoms with Gasteiger partial charge in [0.15, 0.2) is 0 Å². The number of hydrogen-bond donors (Lipinski definition) is 2. The van der Waals surface area contributed by atoms with Crippen molar-refractivity contribution in [2.75, 3.05) is 18.4 Å². The standard InChI is InChI=1S/C19H25N3O3/c1-2-3-17(23)20-15-6-4-13(5-7-15)10-19(25)22-9-8-16-14(12-22)11-18(24)21-16/h4-7,14,16H,2-3,8-12H2,1H3,(H,20,23)(H,21,24)/t14-,16+/m1/s1. The highest BCUT2D eigenvalue weighted by molar-refractivity contribution is 5.90. The molecule has 2 fully saturated rings. The fourth-order valence-electron chi connectivity index (χ4n) is 3.60. The Morgan fingerprint density at radius 1 is 1.28 bits per heavy atom. The first-order valence-electron chi connectivity index (χ1n) is 9.01. The molecule has 25 heavy (non-hydrogen) atoms. The Morgan fingerprint density at radius 3 is 2.76 bits per heavy atom. The first-order chi connectivity index (χ1) is 12.0. The molecule has 2 aliphatic heterocycles. The smallest absolute Gasteiger partial charge is 0.227 e. The van der Waals surface area contributed by atoms with E-state index in [0.29, 0.717) is 32.4 Å². The van der Waals surface area contributed by atoms with Crippen LogP contribution in [0.25, 0.3) is 0 Å². The summed E-state index contributed by atoms with van der Waals surface area (Å²) in [6.07, 6.45) is 3.04. The van der Waals surface area contributed by atoms with E-state index in [2.05, 4.69) is 10.6 Å². The Labute approximate surface area is 148 Å². The average molecular weight is 343 g/mol. The maximum absolute atomic E-state index is 12.5. The van der Waals surface area contributed by atoms with E-state index in [-0.39, 0.29) is 29.7 Å². The van der Waals surface area contributed by atoms with E-state index in [1.54, 1.807) is 0 Å². The Morgan fingerprint density at radius 2 is 2.04 bits per heavy atom. The maximum Gasteiger partial charge on any atom is 0.227 e. The normalized spacial score (nSPS) is 22.3. The van der Waals surface area contributed by atoms with Gasteiger partial charge < -0.3 is 15.5 Å². The van der Waals surface area contributed by atoms with Gasteiger partial charge in [0.1, 0.15) is 0 Å². The second-order valence-electron chi connectivity index (χ2n) is 6.94. The number of piperidine rings is 1. The third-order valence-corrected chi connectivity index (χ3v) is 4.95. The van der Waals surface area contributed by atoms with Crippen LogP contribution in [0.2, 0.25) is 0 Å². The van der Waals surface area contributed by atoms with E-state index in [9.17, 15) is 14.4 Å². The summed E-state index contributed by atoms with van der Waals surface area (Å²) in [7, 11) is 0. The summed E-state index contributed by atoms with van der Waals surface area (Å²) in [5.41, 5.74) is 1.69. The van der Waals surface area contributed by atoms with Crippen LogP contribution in [-0.4, -0.2) is 41.8 Å². The number of carbonyl (C=O) groups excluding carboxylic acids is 3. The van der Waals surface area contributed by atoms with Gasteiger partial charge in [0, 0.05) is 43.6 Å². The molecule has 0 radical (unpaired) electrons. The minimum absolute atomic E-state index is 0.00826. The predicted octanol–water partition coefficient (Wildman–Crippen LogP) is 1.70. The number of amides is 3. The molecule has 134 valence electrons. The first kappa shape index (κ1) is 17.5. The zero-order valence-electron chi connectivity index (χ0n) is 14.6. The number of fused-ring (bicyclic) bond motifs is 1. The molecule has 6 heteroatoms. The topological polar surface area (TPSA) is 78.5 Å². The molecule has 0 bridgehead atoms. The molecule has 1 aromatic rings. The number of likely N-dealkylation sites (tertiary alicyclic amines) is 1. The van der Waals surface area contributed by atoms with Gasteiger partial charge >= 0.3 is 0 Å². The van der Waals surface area contributed by atoms with Crippen LogP contribution < -0.4 is 10.6 Å². The molecular weight excluding hydrogens is 318 g/mol. The molecule has 2 N–H and O–H groups in total. The van der Waals surface area contributed by atoms with E-state index < -0.39 is 0 Å². The van der Waals surface area contributed by atoms with E-state index in [0.717, 1.165) is 24.1 Å². The van der Waals surface area contributed by atoms with Crippen LogP contribution >= 0.6 is 0 Å². The molecule has 6 nitrogen and oxygen atoms in total. The Hall–Kier alpha value is -2.37. The lowest BCUT2D eigenvalue weighted by Crippen LogP contribution is -2.47. The van der Waals surface area contributed by atoms with Crippen LogP contribution in [0.4, 0.5) is 5.69 Å². The highest BCUT2D eigenvalue weighted by Crippen LogP contribution is 2.25. The number of anilines is 1. The molecule has 0 aliphatic carbocycles. The van der Waals surface area contributed by atoms with Crippen molar-refractivity contribution in [1.82, 2.24) is 10.2 Å². The minimum Gasteiger partial charge on any atom is -0.353 e. The van der Waals surface area contributed by atoms with Crippen molar-refractivity contribution in [3.63, 3.8) is 0 Å². The lowest BCUT2D eigenvalue weighted by molar-refractivity contribution is -0.132. The van der Waals surface area contributed by atoms with E-state index in [1.807, 2.05) is 36.1 Å². The quantitative estimate of drug-likeness (QED) is 0.854. The van der Waals surface area contributed by atoms with Gasteiger partial charge in [-0.05, 0) is 30.5 Å². The molecule has 3 amide bonds. The molecule has 1 aromatic carbocycles. The third kappa shape index (κ3) is 4.38. The summed E-state index contributed by atoms with van der Waals surface area (Å²) in [6.45, 7) is 3.33. The van der Waals surface area contributed by atoms with Crippen LogP contribution in [-0.2, 0) is 20.8 Å². The molecule has 2 aliphatic rings. The Kier molecular flexibility index (Phi) is 5.36. The van der Waals surface area contributed by atoms with Crippen molar-refractivity contribution in [1.29, 1.82) is 0 Å². The van der Waals surface area contributed by atoms with Gasteiger partial charge in [0.25, 0.3) is 0 Å². The SMILES string of the molecule is CCCC(=O)Nc1ccc(CC(=O)N2CC[C@@H]3NC(=O)C[C@@H]3C2)cc1. The van der Waals surface area contributed by atoms with Crippen molar-refractivity contribution in [2.24, 2.45) is 5.92 Å². The zero-order chi connectivity index (χ0) is 17.8. The number of carbonyl (C=O) groups is 3. The van der Waals surface area contributed by atoms with Crippen LogP contribution in [0.15, 0.2) is 24.3 Å². The summed E-state index contributed by atoms with van der Waals surface area (Å²) >= 11 is 0. The van der Waals surface area contributed by atoms with Gasteiger partial charge in [-0.1, -0.05) is 19.1 Å². The van der Waals surface area contributed by atoms with Crippen LogP contribution in [0.1, 0.15) is 38.2 Å². The Bertz CT molecular complexity index is 656. The molecule has 3 rings (SSSR count). The largest absolute Gasteiger partial charge is 0.353 e. The number of nitrogens with one attached hydrogen (secondary N) is 2. The Balaban J connectivity index is 1.52. The first-order valence-corrected chi connectivity index (χ1v) is 9.01. The monoisotopic (exact) mass is 343 g/mol. The molecule has 2 heterocycles. The fourth-order valence-corrected chi connectivity index (χ4v) is 3.60. The summed E-state index contributed by atoms with van der Waals surface area (Å²) < 4.78 is 0. The molecule has 0 aromatic heterocycles. The van der Waals surface area contributed by atoms with Crippen LogP contribution in [0, 0.1) is 5.92 Å². The summed E-state index contributed by atoms with van der Waals surface area (Å²) in [5, 5.41) is 5.83. The number of benzene rings is 1. The van der Waals surface area contributed by atoms with Crippen molar-refractivity contribution >= 4 is 23.4 Å². The second-order valence-corrected chi connectivity index (χ2v) is 6.94. The minimum atomic E-state index is 0.00826. The lowest BCUT2D eigenvalue weighted by atomic mass is 9.93. The molecule has 0 saturated carbocycles. The second kappa shape index (κ2) is 7.68. The summed E-state index contributed by atoms with van der Waals surface area (Å²) in [5.74, 6) is 0.459. The number of nitrogens with zero attached hydrogens (tertiary/aromatic N) is 1. The van der Waals surface area contributed by atoms with Gasteiger partial charge in [0.2, 0.25) is 17.7 Å². The van der Waals surface area contributed by atoms with Gasteiger partial charge in [0.05, 0.1) is 6.42 Å². The summed E-state index contributed by atoms with van der Waals surface area (Å²) in [4.78, 5) is 37.5. The van der Waals surface area contributed by atoms with Gasteiger partial charge in [-0.3, -0.25) is 14.4 Å². The highest BCUT2D eigenvalue weighted by atomic mass is 16.2. The molecular formula is C19H25N3O3. The average Bonchev–Trinajstić information content (AvgIpc) is 2.96. The predicted molar refractivity (Wildman–Crippen MR) is 94.9 cm³/mol. The van der Waals surface area contributed by atoms with Crippen LogP contribution in [0.5, 0.6) is 0 Å². The van der Waals surface area contributed by atoms with Crippen molar-refractivity contribution in [2.45, 2.75) is 45.1 Å². The molecule has 2 saturated heterocycles.